The number of benzene rings is 1. The topological polar surface area (TPSA) is 118 Å². The van der Waals surface area contributed by atoms with Crippen molar-refractivity contribution < 1.29 is 37.8 Å². The number of alkyl halides is 3. The molecule has 0 aliphatic carbocycles. The summed E-state index contributed by atoms with van der Waals surface area (Å²) in [6, 6.07) is 4.40. The lowest BCUT2D eigenvalue weighted by atomic mass is 10.1. The number of hydrogen-bond acceptors (Lipinski definition) is 3. The standard InChI is InChI=1S/C8H6F3NO.C4H4O4/c9-8(10,11)6-4-2-1-3-5(6)7(12)13;5-3(6)1-2-4(7)8/h1-4H,(H2,12,13);1-2H,(H,5,6)(H,7,8). The van der Waals surface area contributed by atoms with Gasteiger partial charge in [-0.1, -0.05) is 12.1 Å². The summed E-state index contributed by atoms with van der Waals surface area (Å²) in [5, 5.41) is 15.6. The number of aliphatic carboxylic acids is 2. The zero-order valence-electron chi connectivity index (χ0n) is 10.3. The summed E-state index contributed by atoms with van der Waals surface area (Å²) >= 11 is 0. The Hall–Kier alpha value is -2.84. The molecule has 1 aromatic carbocycles. The number of nitrogens with two attached hydrogens (primary N) is 1. The van der Waals surface area contributed by atoms with E-state index in [4.69, 9.17) is 15.9 Å². The molecule has 0 radical (unpaired) electrons. The minimum Gasteiger partial charge on any atom is -0.478 e. The predicted octanol–water partition coefficient (Wildman–Crippen LogP) is 1.52. The van der Waals surface area contributed by atoms with Crippen molar-refractivity contribution in [2.75, 3.05) is 0 Å². The zero-order valence-corrected chi connectivity index (χ0v) is 10.3. The van der Waals surface area contributed by atoms with E-state index in [-0.39, 0.29) is 0 Å². The van der Waals surface area contributed by atoms with Gasteiger partial charge in [-0.15, -0.1) is 0 Å². The minimum atomic E-state index is -4.54. The second kappa shape index (κ2) is 7.68. The summed E-state index contributed by atoms with van der Waals surface area (Å²) in [7, 11) is 0. The third kappa shape index (κ3) is 7.35. The van der Waals surface area contributed by atoms with Crippen LogP contribution in [0.4, 0.5) is 13.2 Å². The highest BCUT2D eigenvalue weighted by Gasteiger charge is 2.34. The van der Waals surface area contributed by atoms with Gasteiger partial charge in [0.2, 0.25) is 5.91 Å². The highest BCUT2D eigenvalue weighted by Crippen LogP contribution is 2.31. The van der Waals surface area contributed by atoms with E-state index >= 15 is 0 Å². The molecule has 0 atom stereocenters. The molecule has 0 saturated heterocycles. The molecule has 0 heterocycles. The van der Waals surface area contributed by atoms with Crippen LogP contribution in [-0.4, -0.2) is 28.1 Å². The van der Waals surface area contributed by atoms with E-state index in [2.05, 4.69) is 0 Å². The Balaban J connectivity index is 0.000000433. The molecular formula is C12H10F3NO5. The molecule has 0 bridgehead atoms. The first-order valence-corrected chi connectivity index (χ1v) is 5.15. The van der Waals surface area contributed by atoms with Crippen LogP contribution in [0, 0.1) is 0 Å². The fourth-order valence-corrected chi connectivity index (χ4v) is 1.09. The first-order valence-electron chi connectivity index (χ1n) is 5.15. The van der Waals surface area contributed by atoms with Gasteiger partial charge in [-0.3, -0.25) is 4.79 Å². The second-order valence-electron chi connectivity index (χ2n) is 3.42. The molecule has 4 N–H and O–H groups in total. The fourth-order valence-electron chi connectivity index (χ4n) is 1.09. The van der Waals surface area contributed by atoms with Gasteiger partial charge >= 0.3 is 18.1 Å². The Kier molecular flexibility index (Phi) is 6.64. The molecule has 1 amide bonds. The summed E-state index contributed by atoms with van der Waals surface area (Å²) < 4.78 is 36.6. The van der Waals surface area contributed by atoms with Crippen molar-refractivity contribution >= 4 is 17.8 Å². The van der Waals surface area contributed by atoms with Crippen molar-refractivity contribution in [1.82, 2.24) is 0 Å². The van der Waals surface area contributed by atoms with Gasteiger partial charge in [0.15, 0.2) is 0 Å². The van der Waals surface area contributed by atoms with Gasteiger partial charge in [-0.25, -0.2) is 9.59 Å². The van der Waals surface area contributed by atoms with Gasteiger partial charge in [0.25, 0.3) is 0 Å². The Morgan fingerprint density at radius 2 is 1.43 bits per heavy atom. The van der Waals surface area contributed by atoms with Gasteiger partial charge in [-0.05, 0) is 12.1 Å². The molecule has 114 valence electrons. The second-order valence-corrected chi connectivity index (χ2v) is 3.42. The summed E-state index contributed by atoms with van der Waals surface area (Å²) in [5.41, 5.74) is 3.27. The van der Waals surface area contributed by atoms with Crippen LogP contribution in [0.3, 0.4) is 0 Å². The first-order chi connectivity index (χ1) is 9.55. The van der Waals surface area contributed by atoms with E-state index < -0.39 is 35.1 Å². The van der Waals surface area contributed by atoms with Crippen molar-refractivity contribution in [3.05, 3.63) is 47.5 Å². The van der Waals surface area contributed by atoms with Crippen LogP contribution in [0.2, 0.25) is 0 Å². The van der Waals surface area contributed by atoms with Crippen LogP contribution in [0.5, 0.6) is 0 Å². The molecule has 1 rings (SSSR count). The van der Waals surface area contributed by atoms with E-state index in [0.717, 1.165) is 12.1 Å². The molecule has 0 aliphatic rings. The van der Waals surface area contributed by atoms with E-state index in [1.54, 1.807) is 0 Å². The average Bonchev–Trinajstić information content (AvgIpc) is 2.36. The third-order valence-electron chi connectivity index (χ3n) is 1.87. The molecule has 0 saturated carbocycles. The number of hydrogen-bond donors (Lipinski definition) is 3. The Labute approximate surface area is 116 Å². The molecule has 0 fully saturated rings. The van der Waals surface area contributed by atoms with Crippen LogP contribution in [0.1, 0.15) is 15.9 Å². The zero-order chi connectivity index (χ0) is 16.6. The quantitative estimate of drug-likeness (QED) is 0.732. The van der Waals surface area contributed by atoms with Crippen LogP contribution in [0.25, 0.3) is 0 Å². The average molecular weight is 305 g/mol. The van der Waals surface area contributed by atoms with Gasteiger partial charge in [0.05, 0.1) is 11.1 Å². The maximum atomic E-state index is 12.2. The van der Waals surface area contributed by atoms with Gasteiger partial charge < -0.3 is 15.9 Å². The predicted molar refractivity (Wildman–Crippen MR) is 64.4 cm³/mol. The number of carbonyl (C=O) groups is 3. The molecule has 0 aliphatic heterocycles. The highest BCUT2D eigenvalue weighted by atomic mass is 19.4. The van der Waals surface area contributed by atoms with Crippen molar-refractivity contribution in [3.63, 3.8) is 0 Å². The Bertz CT molecular complexity index is 550. The molecule has 1 aromatic rings. The van der Waals surface area contributed by atoms with Crippen molar-refractivity contribution in [3.8, 4) is 0 Å². The summed E-state index contributed by atoms with van der Waals surface area (Å²) in [4.78, 5) is 29.7. The lowest BCUT2D eigenvalue weighted by molar-refractivity contribution is -0.138. The summed E-state index contributed by atoms with van der Waals surface area (Å²) in [6.45, 7) is 0. The lowest BCUT2D eigenvalue weighted by Gasteiger charge is -2.09. The molecule has 6 nitrogen and oxygen atoms in total. The number of amides is 1. The SMILES string of the molecule is NC(=O)c1ccccc1C(F)(F)F.O=C(O)C=CC(=O)O. The summed E-state index contributed by atoms with van der Waals surface area (Å²) in [6.07, 6.45) is -3.42. The van der Waals surface area contributed by atoms with Crippen LogP contribution in [0.15, 0.2) is 36.4 Å². The maximum absolute atomic E-state index is 12.2. The highest BCUT2D eigenvalue weighted by molar-refractivity contribution is 5.94. The lowest BCUT2D eigenvalue weighted by Crippen LogP contribution is -2.18. The van der Waals surface area contributed by atoms with Crippen molar-refractivity contribution in [2.24, 2.45) is 5.73 Å². The molecule has 9 heteroatoms. The Morgan fingerprint density at radius 1 is 1.00 bits per heavy atom. The number of carbonyl (C=O) groups excluding carboxylic acids is 1. The van der Waals surface area contributed by atoms with Crippen LogP contribution < -0.4 is 5.73 Å². The normalized spacial score (nSPS) is 10.6. The largest absolute Gasteiger partial charge is 0.478 e. The molecule has 0 unspecified atom stereocenters. The monoisotopic (exact) mass is 305 g/mol. The van der Waals surface area contributed by atoms with Gasteiger partial charge in [0.1, 0.15) is 0 Å². The molecule has 0 aromatic heterocycles. The van der Waals surface area contributed by atoms with Crippen LogP contribution in [-0.2, 0) is 15.8 Å². The molecular weight excluding hydrogens is 295 g/mol. The van der Waals surface area contributed by atoms with E-state index in [1.165, 1.54) is 12.1 Å². The van der Waals surface area contributed by atoms with Gasteiger partial charge in [0, 0.05) is 12.2 Å². The first kappa shape index (κ1) is 18.2. The minimum absolute atomic E-state index is 0.505. The van der Waals surface area contributed by atoms with Crippen molar-refractivity contribution in [1.29, 1.82) is 0 Å². The fraction of sp³-hybridized carbons (Fsp3) is 0.0833. The van der Waals surface area contributed by atoms with E-state index in [1.807, 2.05) is 0 Å². The molecule has 21 heavy (non-hydrogen) atoms. The number of primary amides is 1. The van der Waals surface area contributed by atoms with E-state index in [0.29, 0.717) is 12.2 Å². The smallest absolute Gasteiger partial charge is 0.417 e. The van der Waals surface area contributed by atoms with E-state index in [9.17, 15) is 27.6 Å². The van der Waals surface area contributed by atoms with Crippen molar-refractivity contribution in [2.45, 2.75) is 6.18 Å². The number of carboxylic acid groups (broad SMARTS) is 2. The maximum Gasteiger partial charge on any atom is 0.417 e. The number of rotatable bonds is 3. The third-order valence-corrected chi connectivity index (χ3v) is 1.87. The Morgan fingerprint density at radius 3 is 1.71 bits per heavy atom. The number of halogens is 3. The summed E-state index contributed by atoms with van der Waals surface area (Å²) in [5.74, 6) is -3.59. The van der Waals surface area contributed by atoms with Crippen LogP contribution >= 0.6 is 0 Å². The van der Waals surface area contributed by atoms with Gasteiger partial charge in [-0.2, -0.15) is 13.2 Å². The molecule has 0 spiro atoms. The number of carboxylic acids is 2.